The van der Waals surface area contributed by atoms with Gasteiger partial charge in [-0.25, -0.2) is 8.42 Å². The number of aryl methyl sites for hydroxylation is 1. The smallest absolute Gasteiger partial charge is 0.244 e. The van der Waals surface area contributed by atoms with Crippen LogP contribution in [0, 0.1) is 6.92 Å². The molecule has 0 radical (unpaired) electrons. The highest BCUT2D eigenvalue weighted by atomic mass is 35.5. The third-order valence-electron chi connectivity index (χ3n) is 5.33. The van der Waals surface area contributed by atoms with Crippen molar-refractivity contribution in [2.45, 2.75) is 32.4 Å². The van der Waals surface area contributed by atoms with Crippen LogP contribution in [0.1, 0.15) is 36.1 Å². The van der Waals surface area contributed by atoms with Crippen LogP contribution < -0.4 is 9.62 Å². The van der Waals surface area contributed by atoms with E-state index in [1.54, 1.807) is 31.2 Å². The fourth-order valence-corrected chi connectivity index (χ4v) is 5.12. The molecule has 168 valence electrons. The Bertz CT molecular complexity index is 1170. The topological polar surface area (TPSA) is 66.5 Å². The predicted octanol–water partition coefficient (Wildman–Crippen LogP) is 5.10. The second-order valence-electron chi connectivity index (χ2n) is 7.67. The van der Waals surface area contributed by atoms with Crippen molar-refractivity contribution in [1.82, 2.24) is 5.32 Å². The molecule has 3 aromatic carbocycles. The van der Waals surface area contributed by atoms with E-state index < -0.39 is 22.1 Å². The number of sulfonamides is 1. The number of hydrogen-bond donors (Lipinski definition) is 1. The third kappa shape index (κ3) is 5.50. The molecule has 0 aliphatic carbocycles. The minimum absolute atomic E-state index is 0.302. The molecule has 1 N–H and O–H groups in total. The molecule has 0 heterocycles. The van der Waals surface area contributed by atoms with Crippen LogP contribution >= 0.6 is 11.6 Å². The Morgan fingerprint density at radius 3 is 2.12 bits per heavy atom. The minimum Gasteiger partial charge on any atom is -0.343 e. The van der Waals surface area contributed by atoms with Crippen molar-refractivity contribution in [2.75, 3.05) is 10.6 Å². The second kappa shape index (κ2) is 10.2. The number of carbonyl (C=O) groups excluding carboxylic acids is 1. The molecule has 2 atom stereocenters. The molecule has 1 amide bonds. The summed E-state index contributed by atoms with van der Waals surface area (Å²) in [6.07, 6.45) is 1.41. The third-order valence-corrected chi connectivity index (χ3v) is 6.76. The summed E-state index contributed by atoms with van der Waals surface area (Å²) in [6.45, 7) is 3.79. The normalized spacial score (nSPS) is 13.2. The molecular formula is C25H27ClN2O3S. The van der Waals surface area contributed by atoms with Gasteiger partial charge >= 0.3 is 0 Å². The van der Waals surface area contributed by atoms with Crippen LogP contribution in [0.3, 0.4) is 0 Å². The van der Waals surface area contributed by atoms with Gasteiger partial charge < -0.3 is 5.32 Å². The van der Waals surface area contributed by atoms with Crippen molar-refractivity contribution in [3.63, 3.8) is 0 Å². The number of halogens is 1. The Morgan fingerprint density at radius 2 is 1.56 bits per heavy atom. The van der Waals surface area contributed by atoms with E-state index in [1.807, 2.05) is 61.5 Å². The summed E-state index contributed by atoms with van der Waals surface area (Å²) in [6, 6.07) is 22.6. The first kappa shape index (κ1) is 23.8. The molecule has 32 heavy (non-hydrogen) atoms. The fourth-order valence-electron chi connectivity index (χ4n) is 3.78. The van der Waals surface area contributed by atoms with E-state index in [1.165, 1.54) is 4.31 Å². The largest absolute Gasteiger partial charge is 0.343 e. The quantitative estimate of drug-likeness (QED) is 0.498. The summed E-state index contributed by atoms with van der Waals surface area (Å²) in [5.74, 6) is -0.370. The zero-order valence-electron chi connectivity index (χ0n) is 18.3. The Hall–Kier alpha value is -2.83. The maximum absolute atomic E-state index is 13.5. The lowest BCUT2D eigenvalue weighted by atomic mass is 9.94. The lowest BCUT2D eigenvalue weighted by molar-refractivity contribution is -0.122. The number of hydrogen-bond acceptors (Lipinski definition) is 3. The summed E-state index contributed by atoms with van der Waals surface area (Å²) < 4.78 is 26.6. The van der Waals surface area contributed by atoms with Crippen molar-refractivity contribution in [1.29, 1.82) is 0 Å². The number of benzene rings is 3. The number of nitrogens with zero attached hydrogens (tertiary/aromatic N) is 1. The fraction of sp³-hybridized carbons (Fsp3) is 0.240. The molecule has 0 aliphatic heterocycles. The van der Waals surface area contributed by atoms with Crippen molar-refractivity contribution in [3.05, 3.63) is 101 Å². The molecule has 0 bridgehead atoms. The molecule has 0 fully saturated rings. The maximum Gasteiger partial charge on any atom is 0.244 e. The molecule has 0 aromatic heterocycles. The standard InChI is InChI=1S/C25H27ClN2O3S/c1-4-23(28(32(3,30)31)21-16-14-20(26)15-17-21)25(29)27-24(19-11-6-5-7-12-19)22-13-9-8-10-18(22)2/h5-17,23-24H,4H2,1-3H3,(H,27,29). The summed E-state index contributed by atoms with van der Waals surface area (Å²) in [5.41, 5.74) is 3.31. The van der Waals surface area contributed by atoms with Gasteiger partial charge in [0.2, 0.25) is 15.9 Å². The van der Waals surface area contributed by atoms with Crippen LogP contribution in [0.25, 0.3) is 0 Å². The number of amides is 1. The van der Waals surface area contributed by atoms with E-state index in [0.29, 0.717) is 17.1 Å². The lowest BCUT2D eigenvalue weighted by Gasteiger charge is -2.32. The van der Waals surface area contributed by atoms with Gasteiger partial charge in [0.1, 0.15) is 6.04 Å². The average Bonchev–Trinajstić information content (AvgIpc) is 2.77. The molecule has 0 spiro atoms. The van der Waals surface area contributed by atoms with Crippen LogP contribution in [-0.2, 0) is 14.8 Å². The molecule has 5 nitrogen and oxygen atoms in total. The van der Waals surface area contributed by atoms with Crippen LogP contribution in [0.4, 0.5) is 5.69 Å². The maximum atomic E-state index is 13.5. The Labute approximate surface area is 195 Å². The lowest BCUT2D eigenvalue weighted by Crippen LogP contribution is -2.50. The van der Waals surface area contributed by atoms with E-state index in [0.717, 1.165) is 22.9 Å². The summed E-state index contributed by atoms with van der Waals surface area (Å²) in [7, 11) is -3.73. The molecule has 0 aliphatic rings. The van der Waals surface area contributed by atoms with Crippen LogP contribution in [0.15, 0.2) is 78.9 Å². The molecule has 2 unspecified atom stereocenters. The van der Waals surface area contributed by atoms with Crippen LogP contribution in [0.5, 0.6) is 0 Å². The number of rotatable bonds is 8. The van der Waals surface area contributed by atoms with E-state index in [4.69, 9.17) is 11.6 Å². The molecule has 3 aromatic rings. The van der Waals surface area contributed by atoms with Gasteiger partial charge in [0.15, 0.2) is 0 Å². The van der Waals surface area contributed by atoms with Gasteiger partial charge in [-0.1, -0.05) is 73.1 Å². The number of anilines is 1. The first-order chi connectivity index (χ1) is 15.2. The SMILES string of the molecule is CCC(C(=O)NC(c1ccccc1)c1ccccc1C)N(c1ccc(Cl)cc1)S(C)(=O)=O. The minimum atomic E-state index is -3.73. The first-order valence-corrected chi connectivity index (χ1v) is 12.6. The highest BCUT2D eigenvalue weighted by Crippen LogP contribution is 2.28. The molecule has 3 rings (SSSR count). The summed E-state index contributed by atoms with van der Waals surface area (Å²) >= 11 is 5.98. The highest BCUT2D eigenvalue weighted by molar-refractivity contribution is 7.92. The van der Waals surface area contributed by atoms with E-state index in [-0.39, 0.29) is 5.91 Å². The van der Waals surface area contributed by atoms with Crippen molar-refractivity contribution < 1.29 is 13.2 Å². The van der Waals surface area contributed by atoms with Gasteiger partial charge in [-0.15, -0.1) is 0 Å². The predicted molar refractivity (Wildman–Crippen MR) is 130 cm³/mol. The summed E-state index contributed by atoms with van der Waals surface area (Å²) in [4.78, 5) is 13.5. The van der Waals surface area contributed by atoms with Crippen molar-refractivity contribution >= 4 is 33.2 Å². The van der Waals surface area contributed by atoms with Crippen molar-refractivity contribution in [3.8, 4) is 0 Å². The Kier molecular flexibility index (Phi) is 7.59. The molecular weight excluding hydrogens is 444 g/mol. The van der Waals surface area contributed by atoms with E-state index in [2.05, 4.69) is 5.32 Å². The highest BCUT2D eigenvalue weighted by Gasteiger charge is 2.33. The molecule has 0 saturated carbocycles. The number of nitrogens with one attached hydrogen (secondary N) is 1. The van der Waals surface area contributed by atoms with E-state index >= 15 is 0 Å². The van der Waals surface area contributed by atoms with Gasteiger partial charge in [0.05, 0.1) is 18.0 Å². The van der Waals surface area contributed by atoms with E-state index in [9.17, 15) is 13.2 Å². The van der Waals surface area contributed by atoms with Gasteiger partial charge in [0, 0.05) is 5.02 Å². The monoisotopic (exact) mass is 470 g/mol. The number of carbonyl (C=O) groups is 1. The van der Waals surface area contributed by atoms with Gasteiger partial charge in [-0.2, -0.15) is 0 Å². The zero-order chi connectivity index (χ0) is 23.3. The Morgan fingerprint density at radius 1 is 0.969 bits per heavy atom. The average molecular weight is 471 g/mol. The Balaban J connectivity index is 2.01. The molecule has 7 heteroatoms. The first-order valence-electron chi connectivity index (χ1n) is 10.4. The molecule has 0 saturated heterocycles. The second-order valence-corrected chi connectivity index (χ2v) is 9.96. The van der Waals surface area contributed by atoms with Gasteiger partial charge in [-0.05, 0) is 54.3 Å². The van der Waals surface area contributed by atoms with Crippen LogP contribution in [-0.4, -0.2) is 26.6 Å². The zero-order valence-corrected chi connectivity index (χ0v) is 19.9. The summed E-state index contributed by atoms with van der Waals surface area (Å²) in [5, 5.41) is 3.59. The van der Waals surface area contributed by atoms with Crippen LogP contribution in [0.2, 0.25) is 5.02 Å². The van der Waals surface area contributed by atoms with Crippen molar-refractivity contribution in [2.24, 2.45) is 0 Å². The van der Waals surface area contributed by atoms with Gasteiger partial charge in [0.25, 0.3) is 0 Å². The van der Waals surface area contributed by atoms with Gasteiger partial charge in [-0.3, -0.25) is 9.10 Å².